The van der Waals surface area contributed by atoms with Crippen LogP contribution in [-0.2, 0) is 0 Å². The van der Waals surface area contributed by atoms with Crippen molar-refractivity contribution in [2.24, 2.45) is 10.8 Å². The van der Waals surface area contributed by atoms with Gasteiger partial charge in [0.05, 0.1) is 26.2 Å². The van der Waals surface area contributed by atoms with E-state index in [1.54, 1.807) is 5.92 Å². The molecule has 0 aromatic rings. The van der Waals surface area contributed by atoms with Crippen LogP contribution in [-0.4, -0.2) is 22.0 Å². The quantitative estimate of drug-likeness (QED) is 0.0819. The standard InChI is InChI=1S/C8H17BIP.C8H16BIP.CH3/c2*1-7(2)5-8(3,4)6-11-9-10;/h11H,5-6H2,1-4H3;11H,1,5-6H2,2-4H3;1H3/q+1;;-1. The van der Waals surface area contributed by atoms with Crippen molar-refractivity contribution in [3.05, 3.63) is 25.5 Å². The van der Waals surface area contributed by atoms with E-state index in [0.717, 1.165) is 23.3 Å². The van der Waals surface area contributed by atoms with E-state index in [0.29, 0.717) is 10.8 Å². The van der Waals surface area contributed by atoms with Crippen LogP contribution >= 0.6 is 61.7 Å². The van der Waals surface area contributed by atoms with Gasteiger partial charge in [-0.1, -0.05) is 33.3 Å². The van der Waals surface area contributed by atoms with Crippen molar-refractivity contribution >= 4 is 71.4 Å². The lowest BCUT2D eigenvalue weighted by Crippen LogP contribution is -2.16. The van der Waals surface area contributed by atoms with Crippen LogP contribution in [0.25, 0.3) is 0 Å². The predicted molar refractivity (Wildman–Crippen MR) is 139 cm³/mol. The van der Waals surface area contributed by atoms with Crippen LogP contribution in [0.3, 0.4) is 0 Å². The summed E-state index contributed by atoms with van der Waals surface area (Å²) >= 11 is 4.67. The molecule has 0 fully saturated rings. The van der Waals surface area contributed by atoms with Gasteiger partial charge in [-0.2, -0.15) is 44.7 Å². The average molecular weight is 578 g/mol. The molecule has 0 rings (SSSR count). The zero-order chi connectivity index (χ0) is 17.8. The third kappa shape index (κ3) is 24.1. The van der Waals surface area contributed by atoms with Crippen LogP contribution in [0.5, 0.6) is 0 Å². The summed E-state index contributed by atoms with van der Waals surface area (Å²) in [5.41, 5.74) is 2.26. The molecule has 2 atom stereocenters. The molecule has 0 bridgehead atoms. The van der Waals surface area contributed by atoms with Crippen molar-refractivity contribution in [3.8, 4) is 0 Å². The molecule has 2 radical (unpaired) electrons. The Hall–Kier alpha value is 2.06. The van der Waals surface area contributed by atoms with Crippen molar-refractivity contribution in [2.45, 2.75) is 61.3 Å². The highest BCUT2D eigenvalue weighted by Gasteiger charge is 2.24. The Kier molecular flexibility index (Phi) is 21.1. The molecular formula is C17H36B2I2P2. The van der Waals surface area contributed by atoms with Gasteiger partial charge in [0, 0.05) is 5.41 Å². The van der Waals surface area contributed by atoms with Gasteiger partial charge in [0.1, 0.15) is 0 Å². The molecule has 134 valence electrons. The highest BCUT2D eigenvalue weighted by molar-refractivity contribution is 14.1. The normalized spacial score (nSPS) is 11.9. The second-order valence-electron chi connectivity index (χ2n) is 7.83. The molecule has 0 heterocycles. The SMILES string of the molecule is C=C(C)CC(C)(C)CP[B]I.C[C+](C)CC(C)(C)CP[B]I.[CH3-]. The maximum absolute atomic E-state index is 3.94. The number of halogens is 2. The molecule has 23 heavy (non-hydrogen) atoms. The van der Waals surface area contributed by atoms with E-state index in [-0.39, 0.29) is 7.43 Å². The largest absolute Gasteiger partial charge is 0.358 e. The first-order chi connectivity index (χ1) is 9.95. The van der Waals surface area contributed by atoms with Gasteiger partial charge in [0.2, 0.25) is 9.71 Å². The Morgan fingerprint density at radius 1 is 1.00 bits per heavy atom. The van der Waals surface area contributed by atoms with Gasteiger partial charge in [0.25, 0.3) is 0 Å². The fourth-order valence-electron chi connectivity index (χ4n) is 2.53. The number of rotatable bonds is 10. The van der Waals surface area contributed by atoms with Gasteiger partial charge in [-0.25, -0.2) is 0 Å². The fraction of sp³-hybridized carbons (Fsp3) is 0.765. The molecule has 0 aromatic heterocycles. The number of hydrogen-bond acceptors (Lipinski definition) is 0. The summed E-state index contributed by atoms with van der Waals surface area (Å²) in [6.07, 6.45) is 5.05. The topological polar surface area (TPSA) is 0 Å². The van der Waals surface area contributed by atoms with Crippen LogP contribution in [0.4, 0.5) is 0 Å². The van der Waals surface area contributed by atoms with Crippen LogP contribution in [0.15, 0.2) is 12.2 Å². The van der Waals surface area contributed by atoms with Crippen LogP contribution in [0.2, 0.25) is 0 Å². The molecule has 0 nitrogen and oxygen atoms in total. The molecule has 0 aromatic carbocycles. The minimum Gasteiger partial charge on any atom is -0.358 e. The van der Waals surface area contributed by atoms with Crippen LogP contribution in [0.1, 0.15) is 61.3 Å². The van der Waals surface area contributed by atoms with Gasteiger partial charge in [-0.3, -0.25) is 0 Å². The fourth-order valence-corrected chi connectivity index (χ4v) is 5.36. The van der Waals surface area contributed by atoms with Crippen molar-refractivity contribution in [1.82, 2.24) is 0 Å². The summed E-state index contributed by atoms with van der Waals surface area (Å²) in [6.45, 7) is 19.8. The maximum Gasteiger partial charge on any atom is 0.230 e. The van der Waals surface area contributed by atoms with E-state index in [9.17, 15) is 0 Å². The summed E-state index contributed by atoms with van der Waals surface area (Å²) in [5.74, 6) is 1.55. The van der Waals surface area contributed by atoms with E-state index in [1.165, 1.54) is 24.3 Å². The predicted octanol–water partition coefficient (Wildman–Crippen LogP) is 7.74. The average Bonchev–Trinajstić information content (AvgIpc) is 2.32. The number of hydrogen-bond donors (Lipinski definition) is 0. The minimum absolute atomic E-state index is 0. The summed E-state index contributed by atoms with van der Waals surface area (Å²) in [7, 11) is 2.00. The molecule has 0 saturated heterocycles. The molecule has 0 aliphatic carbocycles. The Morgan fingerprint density at radius 3 is 1.70 bits per heavy atom. The second kappa shape index (κ2) is 16.2. The molecule has 0 aliphatic heterocycles. The molecular weight excluding hydrogens is 542 g/mol. The molecule has 0 aliphatic rings. The Bertz CT molecular complexity index is 296. The molecule has 0 amide bonds. The maximum atomic E-state index is 3.94. The van der Waals surface area contributed by atoms with Crippen molar-refractivity contribution in [1.29, 1.82) is 0 Å². The first-order valence-corrected chi connectivity index (χ1v) is 12.8. The lowest BCUT2D eigenvalue weighted by molar-refractivity contribution is 0.398. The molecule has 2 unspecified atom stereocenters. The summed E-state index contributed by atoms with van der Waals surface area (Å²) < 4.78 is 0. The molecule has 6 heteroatoms. The van der Waals surface area contributed by atoms with Gasteiger partial charge in [-0.15, -0.1) is 23.5 Å². The minimum atomic E-state index is 0. The third-order valence-corrected chi connectivity index (χ3v) is 8.20. The molecule has 0 spiro atoms. The van der Waals surface area contributed by atoms with E-state index < -0.39 is 0 Å². The molecule has 0 N–H and O–H groups in total. The Morgan fingerprint density at radius 2 is 1.39 bits per heavy atom. The zero-order valence-corrected chi connectivity index (χ0v) is 22.8. The monoisotopic (exact) mass is 578 g/mol. The third-order valence-electron chi connectivity index (χ3n) is 2.93. The summed E-state index contributed by atoms with van der Waals surface area (Å²) in [4.78, 5) is 4.49. The first-order valence-electron chi connectivity index (χ1n) is 7.70. The summed E-state index contributed by atoms with van der Waals surface area (Å²) in [6, 6.07) is 0. The zero-order valence-electron chi connectivity index (χ0n) is 16.4. The van der Waals surface area contributed by atoms with Crippen molar-refractivity contribution < 1.29 is 0 Å². The Labute approximate surface area is 180 Å². The highest BCUT2D eigenvalue weighted by atomic mass is 127. The summed E-state index contributed by atoms with van der Waals surface area (Å²) in [5, 5.41) is 0. The van der Waals surface area contributed by atoms with Crippen molar-refractivity contribution in [2.75, 3.05) is 12.3 Å². The van der Waals surface area contributed by atoms with Crippen LogP contribution in [0, 0.1) is 24.2 Å². The van der Waals surface area contributed by atoms with Gasteiger partial charge < -0.3 is 7.43 Å². The first kappa shape index (κ1) is 29.8. The number of allylic oxidation sites excluding steroid dienone is 1. The second-order valence-corrected chi connectivity index (χ2v) is 13.5. The van der Waals surface area contributed by atoms with Gasteiger partial charge in [0.15, 0.2) is 0 Å². The smallest absolute Gasteiger partial charge is 0.230 e. The van der Waals surface area contributed by atoms with Gasteiger partial charge >= 0.3 is 0 Å². The van der Waals surface area contributed by atoms with E-state index in [1.807, 2.05) is 0 Å². The van der Waals surface area contributed by atoms with E-state index >= 15 is 0 Å². The lowest BCUT2D eigenvalue weighted by Gasteiger charge is -2.24. The van der Waals surface area contributed by atoms with Crippen LogP contribution < -0.4 is 0 Å². The molecule has 0 saturated carbocycles. The lowest BCUT2D eigenvalue weighted by atomic mass is 9.86. The van der Waals surface area contributed by atoms with Crippen molar-refractivity contribution in [3.63, 3.8) is 0 Å². The van der Waals surface area contributed by atoms with E-state index in [4.69, 9.17) is 0 Å². The van der Waals surface area contributed by atoms with E-state index in [2.05, 4.69) is 110 Å². The van der Waals surface area contributed by atoms with Gasteiger partial charge in [-0.05, 0) is 31.1 Å². The highest BCUT2D eigenvalue weighted by Crippen LogP contribution is 2.33. The Balaban J connectivity index is -0.000000333.